The van der Waals surface area contributed by atoms with E-state index in [2.05, 4.69) is 58.9 Å². The van der Waals surface area contributed by atoms with Crippen molar-refractivity contribution in [1.29, 1.82) is 0 Å². The monoisotopic (exact) mass is 273 g/mol. The first-order chi connectivity index (χ1) is 9.17. The van der Waals surface area contributed by atoms with Gasteiger partial charge in [0.1, 0.15) is 0 Å². The summed E-state index contributed by atoms with van der Waals surface area (Å²) in [7, 11) is 0. The summed E-state index contributed by atoms with van der Waals surface area (Å²) in [5, 5.41) is 0. The van der Waals surface area contributed by atoms with Gasteiger partial charge in [0.05, 0.1) is 0 Å². The quantitative estimate of drug-likeness (QED) is 0.832. The van der Waals surface area contributed by atoms with E-state index in [0.717, 1.165) is 6.42 Å². The maximum absolute atomic E-state index is 6.35. The predicted octanol–water partition coefficient (Wildman–Crippen LogP) is 4.68. The van der Waals surface area contributed by atoms with Crippen molar-refractivity contribution in [2.75, 3.05) is 0 Å². The Bertz CT molecular complexity index is 436. The van der Waals surface area contributed by atoms with Crippen molar-refractivity contribution in [3.05, 3.63) is 35.4 Å². The molecule has 1 nitrogen and oxygen atoms in total. The first-order valence-corrected chi connectivity index (χ1v) is 8.02. The van der Waals surface area contributed by atoms with Crippen LogP contribution in [0.4, 0.5) is 0 Å². The summed E-state index contributed by atoms with van der Waals surface area (Å²) >= 11 is 0. The summed E-state index contributed by atoms with van der Waals surface area (Å²) in [6.45, 7) is 11.6. The zero-order valence-corrected chi connectivity index (χ0v) is 13.9. The zero-order valence-electron chi connectivity index (χ0n) is 13.9. The van der Waals surface area contributed by atoms with Crippen molar-refractivity contribution in [3.8, 4) is 0 Å². The lowest BCUT2D eigenvalue weighted by Crippen LogP contribution is -2.40. The van der Waals surface area contributed by atoms with Gasteiger partial charge in [0, 0.05) is 6.04 Å². The van der Waals surface area contributed by atoms with E-state index < -0.39 is 0 Å². The van der Waals surface area contributed by atoms with Crippen molar-refractivity contribution < 1.29 is 0 Å². The van der Waals surface area contributed by atoms with Crippen molar-refractivity contribution in [2.45, 2.75) is 71.8 Å². The molecule has 1 saturated carbocycles. The molecule has 1 fully saturated rings. The van der Waals surface area contributed by atoms with Crippen LogP contribution in [0.3, 0.4) is 0 Å². The van der Waals surface area contributed by atoms with Crippen LogP contribution < -0.4 is 5.73 Å². The van der Waals surface area contributed by atoms with Crippen molar-refractivity contribution >= 4 is 0 Å². The number of rotatable bonds is 2. The van der Waals surface area contributed by atoms with Crippen LogP contribution in [0.5, 0.6) is 0 Å². The van der Waals surface area contributed by atoms with E-state index in [1.54, 1.807) is 0 Å². The molecule has 0 radical (unpaired) electrons. The summed E-state index contributed by atoms with van der Waals surface area (Å²) in [6, 6.07) is 9.55. The van der Waals surface area contributed by atoms with Crippen LogP contribution in [0.2, 0.25) is 0 Å². The molecule has 0 heterocycles. The molecule has 2 N–H and O–H groups in total. The van der Waals surface area contributed by atoms with Gasteiger partial charge in [-0.2, -0.15) is 0 Å². The van der Waals surface area contributed by atoms with E-state index >= 15 is 0 Å². The second-order valence-electron chi connectivity index (χ2n) is 8.48. The van der Waals surface area contributed by atoms with E-state index in [1.807, 2.05) is 0 Å². The Morgan fingerprint density at radius 1 is 1.15 bits per heavy atom. The van der Waals surface area contributed by atoms with E-state index in [0.29, 0.717) is 17.4 Å². The lowest BCUT2D eigenvalue weighted by Gasteiger charge is -2.39. The van der Waals surface area contributed by atoms with Gasteiger partial charge in [0.25, 0.3) is 0 Å². The molecule has 1 heteroatoms. The molecule has 1 aliphatic rings. The standard InChI is InChI=1S/C19H31N/c1-18(2,3)16-8-6-14(7-9-16)12-15-13-19(4,5)11-10-17(15)20/h6-9,15,17H,10-13,20H2,1-5H3. The highest BCUT2D eigenvalue weighted by Gasteiger charge is 2.32. The van der Waals surface area contributed by atoms with Gasteiger partial charge >= 0.3 is 0 Å². The molecule has 0 spiro atoms. The Morgan fingerprint density at radius 2 is 1.75 bits per heavy atom. The summed E-state index contributed by atoms with van der Waals surface area (Å²) in [6.07, 6.45) is 4.84. The van der Waals surface area contributed by atoms with Crippen LogP contribution in [0, 0.1) is 11.3 Å². The first kappa shape index (κ1) is 15.6. The average Bonchev–Trinajstić information content (AvgIpc) is 2.33. The molecular weight excluding hydrogens is 242 g/mol. The van der Waals surface area contributed by atoms with E-state index in [4.69, 9.17) is 5.73 Å². The van der Waals surface area contributed by atoms with Gasteiger partial charge in [-0.25, -0.2) is 0 Å². The summed E-state index contributed by atoms with van der Waals surface area (Å²) < 4.78 is 0. The molecule has 2 rings (SSSR count). The molecule has 0 bridgehead atoms. The molecule has 2 unspecified atom stereocenters. The highest BCUT2D eigenvalue weighted by atomic mass is 14.7. The third-order valence-electron chi connectivity index (χ3n) is 4.89. The fourth-order valence-corrected chi connectivity index (χ4v) is 3.42. The minimum Gasteiger partial charge on any atom is -0.327 e. The molecule has 2 atom stereocenters. The molecule has 1 aliphatic carbocycles. The number of hydrogen-bond acceptors (Lipinski definition) is 1. The van der Waals surface area contributed by atoms with Gasteiger partial charge in [0.2, 0.25) is 0 Å². The Kier molecular flexibility index (Phi) is 4.30. The summed E-state index contributed by atoms with van der Waals surface area (Å²) in [5.74, 6) is 0.638. The second kappa shape index (κ2) is 5.52. The van der Waals surface area contributed by atoms with Gasteiger partial charge in [-0.3, -0.25) is 0 Å². The van der Waals surface area contributed by atoms with Crippen LogP contribution in [0.15, 0.2) is 24.3 Å². The fourth-order valence-electron chi connectivity index (χ4n) is 3.42. The minimum atomic E-state index is 0.238. The topological polar surface area (TPSA) is 26.0 Å². The largest absolute Gasteiger partial charge is 0.327 e. The van der Waals surface area contributed by atoms with Crippen LogP contribution in [-0.4, -0.2) is 6.04 Å². The lowest BCUT2D eigenvalue weighted by atomic mass is 9.68. The molecule has 112 valence electrons. The first-order valence-electron chi connectivity index (χ1n) is 8.02. The molecule has 1 aromatic carbocycles. The minimum absolute atomic E-state index is 0.238. The third-order valence-corrected chi connectivity index (χ3v) is 4.89. The Balaban J connectivity index is 2.06. The summed E-state index contributed by atoms with van der Waals surface area (Å²) in [4.78, 5) is 0. The second-order valence-corrected chi connectivity index (χ2v) is 8.48. The van der Waals surface area contributed by atoms with Crippen molar-refractivity contribution in [1.82, 2.24) is 0 Å². The van der Waals surface area contributed by atoms with Crippen LogP contribution in [0.25, 0.3) is 0 Å². The van der Waals surface area contributed by atoms with Gasteiger partial charge in [-0.1, -0.05) is 58.9 Å². The Morgan fingerprint density at radius 3 is 2.30 bits per heavy atom. The third kappa shape index (κ3) is 3.85. The molecular formula is C19H31N. The number of benzene rings is 1. The van der Waals surface area contributed by atoms with Gasteiger partial charge in [-0.15, -0.1) is 0 Å². The summed E-state index contributed by atoms with van der Waals surface area (Å²) in [5.41, 5.74) is 9.90. The van der Waals surface area contributed by atoms with Gasteiger partial charge < -0.3 is 5.73 Å². The number of nitrogens with two attached hydrogens (primary N) is 1. The van der Waals surface area contributed by atoms with Gasteiger partial charge in [0.15, 0.2) is 0 Å². The maximum Gasteiger partial charge on any atom is 0.00707 e. The fraction of sp³-hybridized carbons (Fsp3) is 0.684. The van der Waals surface area contributed by atoms with E-state index in [9.17, 15) is 0 Å². The SMILES string of the molecule is CC1(C)CCC(N)C(Cc2ccc(C(C)(C)C)cc2)C1. The van der Waals surface area contributed by atoms with Crippen molar-refractivity contribution in [3.63, 3.8) is 0 Å². The van der Waals surface area contributed by atoms with Crippen LogP contribution >= 0.6 is 0 Å². The van der Waals surface area contributed by atoms with Crippen LogP contribution in [-0.2, 0) is 11.8 Å². The molecule has 0 aliphatic heterocycles. The van der Waals surface area contributed by atoms with E-state index in [-0.39, 0.29) is 5.41 Å². The van der Waals surface area contributed by atoms with Gasteiger partial charge in [-0.05, 0) is 53.6 Å². The van der Waals surface area contributed by atoms with Crippen LogP contribution in [0.1, 0.15) is 65.0 Å². The Labute approximate surface area is 125 Å². The highest BCUT2D eigenvalue weighted by Crippen LogP contribution is 2.39. The van der Waals surface area contributed by atoms with Crippen molar-refractivity contribution in [2.24, 2.45) is 17.1 Å². The highest BCUT2D eigenvalue weighted by molar-refractivity contribution is 5.28. The lowest BCUT2D eigenvalue weighted by molar-refractivity contribution is 0.157. The zero-order chi connectivity index (χ0) is 15.0. The average molecular weight is 273 g/mol. The molecule has 0 saturated heterocycles. The normalized spacial score (nSPS) is 26.5. The number of hydrogen-bond donors (Lipinski definition) is 1. The molecule has 1 aromatic rings. The smallest absolute Gasteiger partial charge is 0.00707 e. The molecule has 0 aromatic heterocycles. The molecule has 20 heavy (non-hydrogen) atoms. The maximum atomic E-state index is 6.35. The molecule has 0 amide bonds. The predicted molar refractivity (Wildman–Crippen MR) is 87.9 cm³/mol. The van der Waals surface area contributed by atoms with E-state index in [1.165, 1.54) is 30.4 Å². The Hall–Kier alpha value is -0.820.